The minimum atomic E-state index is 0.443. The highest BCUT2D eigenvalue weighted by Crippen LogP contribution is 2.06. The molecule has 0 unspecified atom stereocenters. The maximum Gasteiger partial charge on any atom is 0.130 e. The molecule has 0 aliphatic rings. The number of nitrogens with one attached hydrogen (secondary N) is 1. The van der Waals surface area contributed by atoms with E-state index in [0.29, 0.717) is 23.8 Å². The molecule has 18 heavy (non-hydrogen) atoms. The van der Waals surface area contributed by atoms with E-state index in [2.05, 4.69) is 4.98 Å². The Bertz CT molecular complexity index is 578. The van der Waals surface area contributed by atoms with Crippen LogP contribution in [-0.2, 0) is 17.9 Å². The summed E-state index contributed by atoms with van der Waals surface area (Å²) in [5.74, 6) is 0. The molecule has 0 amide bonds. The first-order valence-electron chi connectivity index (χ1n) is 5.53. The van der Waals surface area contributed by atoms with Crippen LogP contribution in [0.1, 0.15) is 11.1 Å². The second kappa shape index (κ2) is 5.80. The fraction of sp³-hybridized carbons (Fsp3) is 0.231. The quantitative estimate of drug-likeness (QED) is 0.860. The maximum absolute atomic E-state index is 8.08. The Hall–Kier alpha value is -1.65. The van der Waals surface area contributed by atoms with E-state index in [9.17, 15) is 0 Å². The highest BCUT2D eigenvalue weighted by Gasteiger charge is 2.01. The molecule has 5 heteroatoms. The van der Waals surface area contributed by atoms with Gasteiger partial charge in [0.2, 0.25) is 0 Å². The van der Waals surface area contributed by atoms with Crippen molar-refractivity contribution in [3.63, 3.8) is 0 Å². The van der Waals surface area contributed by atoms with Crippen molar-refractivity contribution < 1.29 is 4.74 Å². The van der Waals surface area contributed by atoms with Gasteiger partial charge in [-0.15, -0.1) is 0 Å². The van der Waals surface area contributed by atoms with Crippen molar-refractivity contribution in [3.8, 4) is 0 Å². The van der Waals surface area contributed by atoms with Crippen molar-refractivity contribution in [2.24, 2.45) is 0 Å². The van der Waals surface area contributed by atoms with E-state index in [0.717, 1.165) is 11.1 Å². The van der Waals surface area contributed by atoms with Gasteiger partial charge < -0.3 is 9.30 Å². The topological polar surface area (TPSA) is 50.9 Å². The summed E-state index contributed by atoms with van der Waals surface area (Å²) >= 11 is 5.74. The summed E-state index contributed by atoms with van der Waals surface area (Å²) in [7, 11) is 1.62. The average molecular weight is 264 g/mol. The van der Waals surface area contributed by atoms with Gasteiger partial charge >= 0.3 is 0 Å². The second-order valence-electron chi connectivity index (χ2n) is 3.93. The molecule has 0 atom stereocenters. The van der Waals surface area contributed by atoms with E-state index in [1.807, 2.05) is 29.0 Å². The van der Waals surface area contributed by atoms with Gasteiger partial charge in [-0.3, -0.25) is 5.41 Å². The number of hydrogen-bond donors (Lipinski definition) is 1. The van der Waals surface area contributed by atoms with Crippen LogP contribution in [0.3, 0.4) is 0 Å². The molecular formula is C13H14ClN3O. The Morgan fingerprint density at radius 1 is 1.39 bits per heavy atom. The first-order chi connectivity index (χ1) is 8.70. The number of nitrogens with zero attached hydrogens (tertiary/aromatic N) is 2. The summed E-state index contributed by atoms with van der Waals surface area (Å²) in [4.78, 5) is 4.03. The first-order valence-corrected chi connectivity index (χ1v) is 5.91. The molecule has 2 rings (SSSR count). The largest absolute Gasteiger partial charge is 0.380 e. The molecule has 0 saturated heterocycles. The molecule has 4 nitrogen and oxygen atoms in total. The molecule has 2 aromatic rings. The molecule has 0 aliphatic heterocycles. The second-order valence-corrected chi connectivity index (χ2v) is 4.32. The molecule has 2 aromatic heterocycles. The predicted molar refractivity (Wildman–Crippen MR) is 69.3 cm³/mol. The third-order valence-corrected chi connectivity index (χ3v) is 2.82. The average Bonchev–Trinajstić information content (AvgIpc) is 2.37. The van der Waals surface area contributed by atoms with Crippen LogP contribution < -0.4 is 5.49 Å². The summed E-state index contributed by atoms with van der Waals surface area (Å²) in [6.45, 7) is 1.04. The molecule has 0 radical (unpaired) electrons. The fourth-order valence-corrected chi connectivity index (χ4v) is 1.81. The Balaban J connectivity index is 2.26. The Morgan fingerprint density at radius 2 is 2.22 bits per heavy atom. The first kappa shape index (κ1) is 12.8. The summed E-state index contributed by atoms with van der Waals surface area (Å²) in [6.07, 6.45) is 3.59. The summed E-state index contributed by atoms with van der Waals surface area (Å²) < 4.78 is 6.91. The zero-order chi connectivity index (χ0) is 13.0. The van der Waals surface area contributed by atoms with Crippen LogP contribution in [0.2, 0.25) is 5.15 Å². The lowest BCUT2D eigenvalue weighted by Gasteiger charge is -2.09. The van der Waals surface area contributed by atoms with Crippen molar-refractivity contribution in [1.82, 2.24) is 9.55 Å². The van der Waals surface area contributed by atoms with Crippen molar-refractivity contribution >= 4 is 11.6 Å². The van der Waals surface area contributed by atoms with Gasteiger partial charge in [-0.1, -0.05) is 23.7 Å². The van der Waals surface area contributed by atoms with Crippen LogP contribution in [-0.4, -0.2) is 16.7 Å². The van der Waals surface area contributed by atoms with Gasteiger partial charge in [-0.2, -0.15) is 0 Å². The van der Waals surface area contributed by atoms with E-state index in [1.54, 1.807) is 19.4 Å². The van der Waals surface area contributed by atoms with E-state index < -0.39 is 0 Å². The molecule has 0 saturated carbocycles. The number of pyridine rings is 2. The molecule has 2 heterocycles. The third kappa shape index (κ3) is 2.97. The van der Waals surface area contributed by atoms with Crippen molar-refractivity contribution in [2.75, 3.05) is 7.11 Å². The van der Waals surface area contributed by atoms with Crippen LogP contribution in [0, 0.1) is 5.41 Å². The molecule has 0 bridgehead atoms. The Labute approximate surface area is 110 Å². The van der Waals surface area contributed by atoms with Gasteiger partial charge in [0.05, 0.1) is 13.2 Å². The normalized spacial score (nSPS) is 10.6. The minimum absolute atomic E-state index is 0.443. The molecule has 94 valence electrons. The third-order valence-electron chi connectivity index (χ3n) is 2.60. The van der Waals surface area contributed by atoms with Gasteiger partial charge in [-0.25, -0.2) is 4.98 Å². The Morgan fingerprint density at radius 3 is 2.89 bits per heavy atom. The lowest BCUT2D eigenvalue weighted by molar-refractivity contribution is 0.183. The number of hydrogen-bond acceptors (Lipinski definition) is 3. The maximum atomic E-state index is 8.08. The summed E-state index contributed by atoms with van der Waals surface area (Å²) in [6, 6.07) is 7.46. The highest BCUT2D eigenvalue weighted by atomic mass is 35.5. The van der Waals surface area contributed by atoms with Crippen LogP contribution in [0.5, 0.6) is 0 Å². The standard InChI is InChI=1S/C13H14ClN3O/c1-18-9-11-3-2-6-17(13(11)15)8-10-4-5-12(14)16-7-10/h2-7,15H,8-9H2,1H3. The van der Waals surface area contributed by atoms with E-state index in [4.69, 9.17) is 21.7 Å². The molecule has 0 spiro atoms. The SMILES string of the molecule is COCc1cccn(Cc2ccc(Cl)nc2)c1=N. The van der Waals surface area contributed by atoms with Crippen LogP contribution in [0.15, 0.2) is 36.7 Å². The smallest absolute Gasteiger partial charge is 0.130 e. The number of methoxy groups -OCH3 is 1. The number of rotatable bonds is 4. The van der Waals surface area contributed by atoms with Crippen molar-refractivity contribution in [1.29, 1.82) is 5.41 Å². The zero-order valence-corrected chi connectivity index (χ0v) is 10.8. The lowest BCUT2D eigenvalue weighted by Crippen LogP contribution is -2.24. The van der Waals surface area contributed by atoms with E-state index in [-0.39, 0.29) is 0 Å². The monoisotopic (exact) mass is 263 g/mol. The van der Waals surface area contributed by atoms with E-state index in [1.165, 1.54) is 0 Å². The van der Waals surface area contributed by atoms with Gasteiger partial charge in [0.1, 0.15) is 10.6 Å². The summed E-state index contributed by atoms with van der Waals surface area (Å²) in [5, 5.41) is 8.55. The minimum Gasteiger partial charge on any atom is -0.380 e. The predicted octanol–water partition coefficient (Wildman–Crippen LogP) is 2.21. The van der Waals surface area contributed by atoms with Crippen molar-refractivity contribution in [3.05, 3.63) is 58.4 Å². The van der Waals surface area contributed by atoms with Gasteiger partial charge in [0.15, 0.2) is 0 Å². The molecule has 0 fully saturated rings. The summed E-state index contributed by atoms with van der Waals surface area (Å²) in [5.41, 5.74) is 2.32. The van der Waals surface area contributed by atoms with Crippen LogP contribution >= 0.6 is 11.6 Å². The fourth-order valence-electron chi connectivity index (χ4n) is 1.70. The van der Waals surface area contributed by atoms with Gasteiger partial charge in [0, 0.05) is 25.1 Å². The highest BCUT2D eigenvalue weighted by molar-refractivity contribution is 6.29. The van der Waals surface area contributed by atoms with Gasteiger partial charge in [0.25, 0.3) is 0 Å². The number of ether oxygens (including phenoxy) is 1. The lowest BCUT2D eigenvalue weighted by atomic mass is 10.2. The molecule has 0 aromatic carbocycles. The Kier molecular flexibility index (Phi) is 4.12. The van der Waals surface area contributed by atoms with Gasteiger partial charge in [-0.05, 0) is 17.7 Å². The van der Waals surface area contributed by atoms with E-state index >= 15 is 0 Å². The zero-order valence-electron chi connectivity index (χ0n) is 10.1. The number of halogens is 1. The van der Waals surface area contributed by atoms with Crippen LogP contribution in [0.4, 0.5) is 0 Å². The molecule has 0 aliphatic carbocycles. The molecular weight excluding hydrogens is 250 g/mol. The van der Waals surface area contributed by atoms with Crippen LogP contribution in [0.25, 0.3) is 0 Å². The van der Waals surface area contributed by atoms with Crippen molar-refractivity contribution in [2.45, 2.75) is 13.2 Å². The number of aromatic nitrogens is 2. The molecule has 1 N–H and O–H groups in total.